The second-order valence-corrected chi connectivity index (χ2v) is 15.1. The van der Waals surface area contributed by atoms with Crippen LogP contribution in [-0.4, -0.2) is 19.9 Å². The first kappa shape index (κ1) is 43.2. The number of nitrogen functional groups attached to an aromatic ring is 2. The molecule has 0 saturated heterocycles. The molecule has 0 saturated carbocycles. The maximum Gasteiger partial charge on any atom is 0.219 e. The Morgan fingerprint density at radius 2 is 1.16 bits per heavy atom. The van der Waals surface area contributed by atoms with Gasteiger partial charge in [-0.05, 0) is 138 Å². The van der Waals surface area contributed by atoms with Gasteiger partial charge in [-0.3, -0.25) is 4.98 Å². The number of benzene rings is 5. The number of aromatic nitrogens is 4. The molecule has 0 aliphatic heterocycles. The van der Waals surface area contributed by atoms with Crippen LogP contribution in [0.4, 0.5) is 15.8 Å². The van der Waals surface area contributed by atoms with Crippen molar-refractivity contribution in [1.29, 1.82) is 0 Å². The minimum atomic E-state index is -0.479. The summed E-state index contributed by atoms with van der Waals surface area (Å²) in [5, 5.41) is 2.95. The van der Waals surface area contributed by atoms with E-state index in [-0.39, 0.29) is 5.75 Å². The Balaban J connectivity index is 0.000000142. The van der Waals surface area contributed by atoms with Crippen LogP contribution in [0.3, 0.4) is 0 Å². The molecule has 4 aromatic heterocycles. The fourth-order valence-corrected chi connectivity index (χ4v) is 6.91. The molecule has 0 fully saturated rings. The summed E-state index contributed by atoms with van der Waals surface area (Å²) in [7, 11) is 0. The summed E-state index contributed by atoms with van der Waals surface area (Å²) in [6.07, 6.45) is 9.69. The number of pyridine rings is 3. The normalized spacial score (nSPS) is 10.4. The quantitative estimate of drug-likeness (QED) is 0.129. The van der Waals surface area contributed by atoms with Gasteiger partial charge in [0.15, 0.2) is 11.6 Å². The van der Waals surface area contributed by atoms with E-state index in [1.807, 2.05) is 72.2 Å². The number of nitrogens with zero attached hydrogens (tertiary/aromatic N) is 4. The van der Waals surface area contributed by atoms with Gasteiger partial charge in [0.25, 0.3) is 0 Å². The molecule has 9 rings (SSSR count). The van der Waals surface area contributed by atoms with Crippen molar-refractivity contribution in [2.24, 2.45) is 0 Å². The molecule has 0 bridgehead atoms. The molecule has 63 heavy (non-hydrogen) atoms. The van der Waals surface area contributed by atoms with Crippen LogP contribution in [0.15, 0.2) is 182 Å². The van der Waals surface area contributed by atoms with Crippen molar-refractivity contribution in [3.8, 4) is 67.6 Å². The summed E-state index contributed by atoms with van der Waals surface area (Å²) in [6.45, 7) is 6.37. The van der Waals surface area contributed by atoms with Crippen molar-refractivity contribution < 1.29 is 18.6 Å². The smallest absolute Gasteiger partial charge is 0.219 e. The number of nitrogens with two attached hydrogens (primary N) is 2. The average Bonchev–Trinajstić information content (AvgIpc) is 3.86. The second kappa shape index (κ2) is 21.1. The van der Waals surface area contributed by atoms with Crippen LogP contribution in [0.5, 0.6) is 34.8 Å². The van der Waals surface area contributed by atoms with Crippen LogP contribution >= 0.6 is 11.3 Å². The van der Waals surface area contributed by atoms with E-state index in [4.69, 9.17) is 25.7 Å². The summed E-state index contributed by atoms with van der Waals surface area (Å²) in [6, 6.07) is 45.5. The lowest BCUT2D eigenvalue weighted by molar-refractivity contribution is 0.442. The van der Waals surface area contributed by atoms with Gasteiger partial charge in [0.1, 0.15) is 22.3 Å². The maximum absolute atomic E-state index is 13.7. The summed E-state index contributed by atoms with van der Waals surface area (Å²) in [5.41, 5.74) is 21.4. The van der Waals surface area contributed by atoms with Crippen molar-refractivity contribution >= 4 is 22.7 Å². The lowest BCUT2D eigenvalue weighted by atomic mass is 9.97. The van der Waals surface area contributed by atoms with Gasteiger partial charge in [0, 0.05) is 59.6 Å². The van der Waals surface area contributed by atoms with Gasteiger partial charge in [-0.2, -0.15) is 0 Å². The zero-order valence-electron chi connectivity index (χ0n) is 35.0. The van der Waals surface area contributed by atoms with E-state index in [1.165, 1.54) is 39.9 Å². The molecule has 4 heterocycles. The Hall–Kier alpha value is -7.89. The number of thiazole rings is 1. The number of halogens is 1. The van der Waals surface area contributed by atoms with E-state index in [9.17, 15) is 4.39 Å². The van der Waals surface area contributed by atoms with E-state index in [2.05, 4.69) is 83.2 Å². The molecule has 4 N–H and O–H groups in total. The highest BCUT2D eigenvalue weighted by atomic mass is 32.1. The van der Waals surface area contributed by atoms with Gasteiger partial charge in [0.2, 0.25) is 11.8 Å². The number of rotatable bonds is 10. The van der Waals surface area contributed by atoms with Crippen LogP contribution in [0.2, 0.25) is 0 Å². The first-order chi connectivity index (χ1) is 30.7. The van der Waals surface area contributed by atoms with E-state index >= 15 is 0 Å². The highest BCUT2D eigenvalue weighted by molar-refractivity contribution is 7.13. The molecule has 0 atom stereocenters. The van der Waals surface area contributed by atoms with Gasteiger partial charge in [0.05, 0.1) is 11.9 Å². The molecule has 314 valence electrons. The zero-order chi connectivity index (χ0) is 44.0. The molecular formula is C52H45FN6O3S. The zero-order valence-corrected chi connectivity index (χ0v) is 35.8. The molecule has 0 spiro atoms. The Bertz CT molecular complexity index is 2830. The molecule has 9 nitrogen and oxygen atoms in total. The summed E-state index contributed by atoms with van der Waals surface area (Å²) in [5.74, 6) is 2.95. The average molecular weight is 853 g/mol. The highest BCUT2D eigenvalue weighted by Crippen LogP contribution is 2.32. The minimum Gasteiger partial charge on any atom is -0.454 e. The van der Waals surface area contributed by atoms with Crippen LogP contribution in [0.1, 0.15) is 23.6 Å². The van der Waals surface area contributed by atoms with E-state index in [1.54, 1.807) is 66.5 Å². The largest absolute Gasteiger partial charge is 0.454 e. The monoisotopic (exact) mass is 852 g/mol. The molecule has 0 unspecified atom stereocenters. The molecule has 0 aliphatic rings. The second-order valence-electron chi connectivity index (χ2n) is 14.2. The van der Waals surface area contributed by atoms with Crippen molar-refractivity contribution in [3.05, 3.63) is 204 Å². The van der Waals surface area contributed by atoms with E-state index in [0.29, 0.717) is 28.9 Å². The molecule has 5 aromatic carbocycles. The topological polar surface area (TPSA) is 131 Å². The SMILES string of the molecule is CCc1ccc(Oc2ccc(-c3ccccc3C)c(C)c2)nc1.Nc1ccc(Oc2ccc(-c3ccncc3)cc2)c(F)c1.Nc1ccc(Oc2ccc(-c3nccs3)cc2)nc1. The number of aryl methyl sites for hydroxylation is 3. The van der Waals surface area contributed by atoms with Crippen LogP contribution < -0.4 is 25.7 Å². The van der Waals surface area contributed by atoms with Gasteiger partial charge in [-0.25, -0.2) is 19.3 Å². The van der Waals surface area contributed by atoms with E-state index < -0.39 is 5.82 Å². The third-order valence-electron chi connectivity index (χ3n) is 9.63. The van der Waals surface area contributed by atoms with Gasteiger partial charge in [-0.1, -0.05) is 55.5 Å². The maximum atomic E-state index is 13.7. The third kappa shape index (κ3) is 12.1. The Kier molecular flexibility index (Phi) is 14.5. The summed E-state index contributed by atoms with van der Waals surface area (Å²) in [4.78, 5) is 16.7. The Morgan fingerprint density at radius 3 is 1.78 bits per heavy atom. The van der Waals surface area contributed by atoms with Crippen LogP contribution in [0, 0.1) is 19.7 Å². The number of hydrogen-bond acceptors (Lipinski definition) is 10. The lowest BCUT2D eigenvalue weighted by Crippen LogP contribution is -1.91. The van der Waals surface area contributed by atoms with Gasteiger partial charge in [-0.15, -0.1) is 11.3 Å². The van der Waals surface area contributed by atoms with Crippen molar-refractivity contribution in [2.45, 2.75) is 27.2 Å². The van der Waals surface area contributed by atoms with Crippen molar-refractivity contribution in [3.63, 3.8) is 0 Å². The molecule has 0 amide bonds. The summed E-state index contributed by atoms with van der Waals surface area (Å²) >= 11 is 1.61. The fraction of sp³-hybridized carbons (Fsp3) is 0.0769. The fourth-order valence-electron chi connectivity index (χ4n) is 6.27. The van der Waals surface area contributed by atoms with Crippen LogP contribution in [0.25, 0.3) is 32.8 Å². The number of hydrogen-bond donors (Lipinski definition) is 2. The minimum absolute atomic E-state index is 0.154. The molecule has 0 aliphatic carbocycles. The van der Waals surface area contributed by atoms with Crippen LogP contribution in [-0.2, 0) is 6.42 Å². The molecular weight excluding hydrogens is 808 g/mol. The highest BCUT2D eigenvalue weighted by Gasteiger charge is 2.09. The van der Waals surface area contributed by atoms with Crippen molar-refractivity contribution in [1.82, 2.24) is 19.9 Å². The lowest BCUT2D eigenvalue weighted by Gasteiger charge is -2.11. The molecule has 9 aromatic rings. The Labute approximate surface area is 370 Å². The first-order valence-corrected chi connectivity index (χ1v) is 21.0. The number of anilines is 2. The van der Waals surface area contributed by atoms with Gasteiger partial charge >= 0.3 is 0 Å². The van der Waals surface area contributed by atoms with Gasteiger partial charge < -0.3 is 25.7 Å². The molecule has 0 radical (unpaired) electrons. The predicted molar refractivity (Wildman–Crippen MR) is 252 cm³/mol. The van der Waals surface area contributed by atoms with Crippen molar-refractivity contribution in [2.75, 3.05) is 11.5 Å². The summed E-state index contributed by atoms with van der Waals surface area (Å²) < 4.78 is 30.7. The van der Waals surface area contributed by atoms with E-state index in [0.717, 1.165) is 39.6 Å². The third-order valence-corrected chi connectivity index (χ3v) is 10.5. The Morgan fingerprint density at radius 1 is 0.540 bits per heavy atom. The molecule has 11 heteroatoms. The standard InChI is InChI=1S/C21H21NO.C17H13FN2O.C14H11N3OS/c1-4-17-9-12-21(22-14-17)23-18-10-11-20(16(3)13-18)19-8-6-5-7-15(19)2;18-16-11-14(19)3-6-17(16)21-15-4-1-12(2-5-15)13-7-9-20-10-8-13;15-11-3-6-13(17-9-11)18-12-4-1-10(2-5-12)14-16-7-8-19-14/h5-14H,4H2,1-3H3;1-11H,19H2;1-9H,15H2. The predicted octanol–water partition coefficient (Wildman–Crippen LogP) is 13.6. The number of ether oxygens (including phenoxy) is 3. The first-order valence-electron chi connectivity index (χ1n) is 20.1.